The van der Waals surface area contributed by atoms with E-state index >= 15 is 0 Å². The van der Waals surface area contributed by atoms with Gasteiger partial charge in [-0.05, 0) is 42.6 Å². The number of carbonyl (C=O) groups is 2. The number of aromatic nitrogens is 2. The van der Waals surface area contributed by atoms with E-state index in [2.05, 4.69) is 10.3 Å². The molecule has 2 aromatic carbocycles. The minimum Gasteiger partial charge on any atom is -0.344 e. The number of imidazole rings is 1. The second-order valence-corrected chi connectivity index (χ2v) is 7.68. The molecule has 0 bridgehead atoms. The lowest BCUT2D eigenvalue weighted by Crippen LogP contribution is -2.34. The van der Waals surface area contributed by atoms with Gasteiger partial charge >= 0.3 is 0 Å². The van der Waals surface area contributed by atoms with Crippen LogP contribution in [-0.2, 0) is 17.9 Å². The molecule has 2 aromatic heterocycles. The van der Waals surface area contributed by atoms with E-state index in [1.807, 2.05) is 77.5 Å². The van der Waals surface area contributed by atoms with E-state index in [0.717, 1.165) is 16.7 Å². The van der Waals surface area contributed by atoms with Gasteiger partial charge in [0.05, 0.1) is 22.5 Å². The first-order valence-corrected chi connectivity index (χ1v) is 10.7. The van der Waals surface area contributed by atoms with Crippen molar-refractivity contribution in [3.8, 4) is 0 Å². The van der Waals surface area contributed by atoms with Gasteiger partial charge in [-0.1, -0.05) is 36.4 Å². The minimum absolute atomic E-state index is 0.0299. The summed E-state index contributed by atoms with van der Waals surface area (Å²) < 4.78 is 1.89. The molecule has 0 fully saturated rings. The number of fused-ring (bicyclic) bond motifs is 1. The number of thiophene rings is 1. The van der Waals surface area contributed by atoms with Crippen molar-refractivity contribution in [1.29, 1.82) is 0 Å². The minimum atomic E-state index is -0.144. The number of nitrogens with zero attached hydrogens (tertiary/aromatic N) is 3. The lowest BCUT2D eigenvalue weighted by molar-refractivity contribution is -0.119. The molecule has 0 aliphatic rings. The Balaban J connectivity index is 1.60. The fourth-order valence-corrected chi connectivity index (χ4v) is 4.06. The molecule has 0 aliphatic carbocycles. The molecule has 152 valence electrons. The van der Waals surface area contributed by atoms with Crippen molar-refractivity contribution in [2.24, 2.45) is 0 Å². The highest BCUT2D eigenvalue weighted by Gasteiger charge is 2.19. The van der Waals surface area contributed by atoms with Gasteiger partial charge in [-0.2, -0.15) is 0 Å². The molecule has 0 radical (unpaired) electrons. The second kappa shape index (κ2) is 8.92. The maximum atomic E-state index is 13.2. The van der Waals surface area contributed by atoms with Crippen LogP contribution >= 0.6 is 11.3 Å². The van der Waals surface area contributed by atoms with E-state index in [0.29, 0.717) is 17.2 Å². The van der Waals surface area contributed by atoms with E-state index in [1.165, 1.54) is 11.3 Å². The monoisotopic (exact) mass is 418 g/mol. The molecule has 0 saturated heterocycles. The van der Waals surface area contributed by atoms with Crippen LogP contribution in [-0.4, -0.2) is 27.9 Å². The number of nitrogens with one attached hydrogen (secondary N) is 1. The summed E-state index contributed by atoms with van der Waals surface area (Å²) in [5.74, 6) is 0.477. The highest BCUT2D eigenvalue weighted by molar-refractivity contribution is 7.12. The Labute approximate surface area is 178 Å². The number of hydrogen-bond acceptors (Lipinski definition) is 4. The van der Waals surface area contributed by atoms with Gasteiger partial charge in [-0.15, -0.1) is 11.3 Å². The topological polar surface area (TPSA) is 67.2 Å². The van der Waals surface area contributed by atoms with Gasteiger partial charge in [-0.25, -0.2) is 4.98 Å². The van der Waals surface area contributed by atoms with Crippen LogP contribution in [0.25, 0.3) is 11.0 Å². The Morgan fingerprint density at radius 1 is 1.03 bits per heavy atom. The Morgan fingerprint density at radius 2 is 1.80 bits per heavy atom. The summed E-state index contributed by atoms with van der Waals surface area (Å²) in [5.41, 5.74) is 2.53. The van der Waals surface area contributed by atoms with Crippen LogP contribution in [0, 0.1) is 0 Å². The molecule has 0 aliphatic heterocycles. The number of carbonyl (C=O) groups excluding carboxylic acids is 2. The molecule has 30 heavy (non-hydrogen) atoms. The van der Waals surface area contributed by atoms with Gasteiger partial charge in [0, 0.05) is 12.2 Å². The number of hydrogen-bond donors (Lipinski definition) is 1. The quantitative estimate of drug-likeness (QED) is 0.492. The Kier molecular flexibility index (Phi) is 5.90. The van der Waals surface area contributed by atoms with Gasteiger partial charge in [0.15, 0.2) is 0 Å². The van der Waals surface area contributed by atoms with E-state index in [-0.39, 0.29) is 24.9 Å². The summed E-state index contributed by atoms with van der Waals surface area (Å²) in [6.07, 6.45) is 0. The van der Waals surface area contributed by atoms with Crippen molar-refractivity contribution in [1.82, 2.24) is 14.9 Å². The standard InChI is InChI=1S/C23H22N4O2S/c1-2-26(17-9-4-3-5-10-17)22(28)16-27-19-12-7-6-11-18(19)25-21(27)15-24-23(29)20-13-8-14-30-20/h3-14H,2,15-16H2,1H3,(H,24,29). The van der Waals surface area contributed by atoms with Crippen LogP contribution in [0.5, 0.6) is 0 Å². The number of amides is 2. The number of benzene rings is 2. The van der Waals surface area contributed by atoms with E-state index < -0.39 is 0 Å². The maximum Gasteiger partial charge on any atom is 0.261 e. The van der Waals surface area contributed by atoms with Crippen LogP contribution in [0.2, 0.25) is 0 Å². The van der Waals surface area contributed by atoms with Gasteiger partial charge < -0.3 is 14.8 Å². The molecule has 0 spiro atoms. The average molecular weight is 419 g/mol. The predicted octanol–water partition coefficient (Wildman–Crippen LogP) is 4.08. The molecule has 0 atom stereocenters. The van der Waals surface area contributed by atoms with E-state index in [1.54, 1.807) is 11.0 Å². The molecule has 2 heterocycles. The first-order valence-electron chi connectivity index (χ1n) is 9.78. The molecule has 1 N–H and O–H groups in total. The molecule has 6 nitrogen and oxygen atoms in total. The summed E-state index contributed by atoms with van der Waals surface area (Å²) in [4.78, 5) is 32.6. The molecule has 0 saturated carbocycles. The molecular weight excluding hydrogens is 396 g/mol. The third-order valence-electron chi connectivity index (χ3n) is 4.86. The van der Waals surface area contributed by atoms with Gasteiger partial charge in [0.2, 0.25) is 5.91 Å². The lowest BCUT2D eigenvalue weighted by atomic mass is 10.2. The summed E-state index contributed by atoms with van der Waals surface area (Å²) in [5, 5.41) is 4.78. The molecule has 4 aromatic rings. The summed E-state index contributed by atoms with van der Waals surface area (Å²) >= 11 is 1.39. The van der Waals surface area contributed by atoms with Crippen molar-refractivity contribution in [2.45, 2.75) is 20.0 Å². The van der Waals surface area contributed by atoms with Crippen molar-refractivity contribution in [3.05, 3.63) is 82.8 Å². The Hall–Kier alpha value is -3.45. The number of para-hydroxylation sites is 3. The van der Waals surface area contributed by atoms with Gasteiger partial charge in [0.1, 0.15) is 12.4 Å². The number of rotatable bonds is 7. The van der Waals surface area contributed by atoms with Crippen LogP contribution in [0.1, 0.15) is 22.4 Å². The summed E-state index contributed by atoms with van der Waals surface area (Å²) in [6.45, 7) is 2.92. The zero-order valence-electron chi connectivity index (χ0n) is 16.6. The smallest absolute Gasteiger partial charge is 0.261 e. The Morgan fingerprint density at radius 3 is 2.53 bits per heavy atom. The number of likely N-dealkylation sites (N-methyl/N-ethyl adjacent to an activating group) is 1. The average Bonchev–Trinajstić information content (AvgIpc) is 3.42. The maximum absolute atomic E-state index is 13.2. The molecule has 0 unspecified atom stereocenters. The van der Waals surface area contributed by atoms with Crippen LogP contribution in [0.3, 0.4) is 0 Å². The molecule has 7 heteroatoms. The highest BCUT2D eigenvalue weighted by Crippen LogP contribution is 2.19. The van der Waals surface area contributed by atoms with Gasteiger partial charge in [-0.3, -0.25) is 9.59 Å². The lowest BCUT2D eigenvalue weighted by Gasteiger charge is -2.22. The van der Waals surface area contributed by atoms with Crippen molar-refractivity contribution in [2.75, 3.05) is 11.4 Å². The van der Waals surface area contributed by atoms with E-state index in [9.17, 15) is 9.59 Å². The summed E-state index contributed by atoms with van der Waals surface area (Å²) in [6, 6.07) is 20.9. The van der Waals surface area contributed by atoms with E-state index in [4.69, 9.17) is 0 Å². The van der Waals surface area contributed by atoms with Crippen LogP contribution in [0.4, 0.5) is 5.69 Å². The van der Waals surface area contributed by atoms with Crippen LogP contribution < -0.4 is 10.2 Å². The number of anilines is 1. The first-order chi connectivity index (χ1) is 14.7. The van der Waals surface area contributed by atoms with Gasteiger partial charge in [0.25, 0.3) is 5.91 Å². The molecular formula is C23H22N4O2S. The second-order valence-electron chi connectivity index (χ2n) is 6.74. The Bertz CT molecular complexity index is 1150. The zero-order valence-corrected chi connectivity index (χ0v) is 17.4. The largest absolute Gasteiger partial charge is 0.344 e. The predicted molar refractivity (Wildman–Crippen MR) is 120 cm³/mol. The fourth-order valence-electron chi connectivity index (χ4n) is 3.42. The third-order valence-corrected chi connectivity index (χ3v) is 5.73. The van der Waals surface area contributed by atoms with Crippen molar-refractivity contribution in [3.63, 3.8) is 0 Å². The van der Waals surface area contributed by atoms with Crippen LogP contribution in [0.15, 0.2) is 72.1 Å². The normalized spacial score (nSPS) is 10.8. The molecule has 4 rings (SSSR count). The fraction of sp³-hybridized carbons (Fsp3) is 0.174. The molecule has 2 amide bonds. The highest BCUT2D eigenvalue weighted by atomic mass is 32.1. The third kappa shape index (κ3) is 4.11. The SMILES string of the molecule is CCN(C(=O)Cn1c(CNC(=O)c2cccs2)nc2ccccc21)c1ccccc1. The van der Waals surface area contributed by atoms with Crippen molar-refractivity contribution < 1.29 is 9.59 Å². The van der Waals surface area contributed by atoms with Crippen molar-refractivity contribution >= 4 is 39.9 Å². The first kappa shape index (κ1) is 19.8. The zero-order chi connectivity index (χ0) is 20.9. The summed E-state index contributed by atoms with van der Waals surface area (Å²) in [7, 11) is 0.